The fraction of sp³-hybridized carbons (Fsp3) is 1.00. The molecule has 1 fully saturated rings. The van der Waals surface area contributed by atoms with E-state index in [0.717, 1.165) is 19.3 Å². The van der Waals surface area contributed by atoms with Gasteiger partial charge >= 0.3 is 6.18 Å². The van der Waals surface area contributed by atoms with E-state index >= 15 is 0 Å². The van der Waals surface area contributed by atoms with Crippen LogP contribution in [0.1, 0.15) is 58.3 Å². The van der Waals surface area contributed by atoms with Crippen molar-refractivity contribution in [2.45, 2.75) is 64.5 Å². The maximum atomic E-state index is 12.2. The Balaban J connectivity index is 1.91. The third-order valence-electron chi connectivity index (χ3n) is 3.27. The quantitative estimate of drug-likeness (QED) is 0.535. The van der Waals surface area contributed by atoms with E-state index in [1.165, 1.54) is 25.7 Å². The first-order valence-electron chi connectivity index (χ1n) is 6.12. The summed E-state index contributed by atoms with van der Waals surface area (Å²) in [7, 11) is 0. The summed E-state index contributed by atoms with van der Waals surface area (Å²) in [6.45, 7) is 2.16. The Morgan fingerprint density at radius 1 is 1.00 bits per heavy atom. The van der Waals surface area contributed by atoms with Gasteiger partial charge in [0, 0.05) is 0 Å². The van der Waals surface area contributed by atoms with Crippen LogP contribution in [0.25, 0.3) is 0 Å². The van der Waals surface area contributed by atoms with Crippen LogP contribution in [0, 0.1) is 11.8 Å². The molecule has 2 atom stereocenters. The number of halogens is 3. The van der Waals surface area contributed by atoms with Crippen LogP contribution >= 0.6 is 0 Å². The Morgan fingerprint density at radius 3 is 2.13 bits per heavy atom. The fourth-order valence-electron chi connectivity index (χ4n) is 2.15. The molecule has 1 aliphatic rings. The molecule has 0 amide bonds. The van der Waals surface area contributed by atoms with E-state index in [9.17, 15) is 13.2 Å². The minimum Gasteiger partial charge on any atom is -0.171 e. The van der Waals surface area contributed by atoms with E-state index in [2.05, 4.69) is 6.92 Å². The Kier molecular flexibility index (Phi) is 4.94. The van der Waals surface area contributed by atoms with E-state index in [1.807, 2.05) is 0 Å². The number of alkyl halides is 3. The number of unbranched alkanes of at least 4 members (excludes halogenated alkanes) is 5. The van der Waals surface area contributed by atoms with Gasteiger partial charge in [0.25, 0.3) is 0 Å². The van der Waals surface area contributed by atoms with Crippen molar-refractivity contribution >= 4 is 0 Å². The molecule has 0 nitrogen and oxygen atoms in total. The third kappa shape index (κ3) is 4.89. The molecule has 15 heavy (non-hydrogen) atoms. The summed E-state index contributed by atoms with van der Waals surface area (Å²) in [4.78, 5) is 0. The summed E-state index contributed by atoms with van der Waals surface area (Å²) in [5.41, 5.74) is 0. The Labute approximate surface area is 90.2 Å². The summed E-state index contributed by atoms with van der Waals surface area (Å²) in [6, 6.07) is 0. The summed E-state index contributed by atoms with van der Waals surface area (Å²) in [6.07, 6.45) is 4.26. The van der Waals surface area contributed by atoms with Crippen LogP contribution in [0.5, 0.6) is 0 Å². The van der Waals surface area contributed by atoms with Crippen molar-refractivity contribution in [3.05, 3.63) is 0 Å². The summed E-state index contributed by atoms with van der Waals surface area (Å²) in [5, 5.41) is 0. The van der Waals surface area contributed by atoms with Crippen molar-refractivity contribution in [3.63, 3.8) is 0 Å². The van der Waals surface area contributed by atoms with Gasteiger partial charge in [-0.2, -0.15) is 13.2 Å². The standard InChI is InChI=1S/C12H21F3/c1-2-3-4-5-6-7-8-10-9-11(10)12(13,14)15/h10-11H,2-9H2,1H3. The molecule has 3 heteroatoms. The second-order valence-corrected chi connectivity index (χ2v) is 4.70. The zero-order valence-corrected chi connectivity index (χ0v) is 9.45. The monoisotopic (exact) mass is 222 g/mol. The first kappa shape index (κ1) is 12.9. The summed E-state index contributed by atoms with van der Waals surface area (Å²) in [5.74, 6) is -1.01. The van der Waals surface area contributed by atoms with Crippen molar-refractivity contribution in [1.82, 2.24) is 0 Å². The molecule has 0 aliphatic heterocycles. The molecule has 0 aromatic heterocycles. The molecule has 0 aromatic carbocycles. The SMILES string of the molecule is CCCCCCCCC1CC1C(F)(F)F. The number of rotatable bonds is 7. The third-order valence-corrected chi connectivity index (χ3v) is 3.27. The molecule has 90 valence electrons. The highest BCUT2D eigenvalue weighted by Crippen LogP contribution is 2.52. The van der Waals surface area contributed by atoms with Crippen molar-refractivity contribution < 1.29 is 13.2 Å². The number of hydrogen-bond donors (Lipinski definition) is 0. The highest BCUT2D eigenvalue weighted by molar-refractivity contribution is 4.91. The topological polar surface area (TPSA) is 0 Å². The zero-order chi connectivity index (χ0) is 11.3. The first-order valence-corrected chi connectivity index (χ1v) is 6.12. The van der Waals surface area contributed by atoms with Crippen LogP contribution in [0.15, 0.2) is 0 Å². The van der Waals surface area contributed by atoms with Crippen LogP contribution < -0.4 is 0 Å². The largest absolute Gasteiger partial charge is 0.392 e. The highest BCUT2D eigenvalue weighted by atomic mass is 19.4. The van der Waals surface area contributed by atoms with E-state index in [-0.39, 0.29) is 5.92 Å². The lowest BCUT2D eigenvalue weighted by atomic mass is 10.1. The van der Waals surface area contributed by atoms with Crippen molar-refractivity contribution in [2.75, 3.05) is 0 Å². The fourth-order valence-corrected chi connectivity index (χ4v) is 2.15. The molecule has 2 unspecified atom stereocenters. The van der Waals surface area contributed by atoms with Crippen LogP contribution in [0.3, 0.4) is 0 Å². The average molecular weight is 222 g/mol. The molecule has 1 saturated carbocycles. The van der Waals surface area contributed by atoms with Crippen molar-refractivity contribution in [1.29, 1.82) is 0 Å². The van der Waals surface area contributed by atoms with Crippen LogP contribution in [0.2, 0.25) is 0 Å². The average Bonchev–Trinajstić information content (AvgIpc) is 2.89. The lowest BCUT2D eigenvalue weighted by Gasteiger charge is -2.04. The smallest absolute Gasteiger partial charge is 0.171 e. The molecule has 0 heterocycles. The normalized spacial score (nSPS) is 25.6. The molecule has 0 saturated heterocycles. The molecule has 0 spiro atoms. The lowest BCUT2D eigenvalue weighted by Crippen LogP contribution is -2.11. The molecule has 0 radical (unpaired) electrons. The van der Waals surface area contributed by atoms with Gasteiger partial charge in [-0.05, 0) is 18.8 Å². The second-order valence-electron chi connectivity index (χ2n) is 4.70. The van der Waals surface area contributed by atoms with E-state index in [1.54, 1.807) is 0 Å². The van der Waals surface area contributed by atoms with Gasteiger partial charge < -0.3 is 0 Å². The molecule has 1 rings (SSSR count). The maximum Gasteiger partial charge on any atom is 0.392 e. The van der Waals surface area contributed by atoms with E-state index in [4.69, 9.17) is 0 Å². The minimum absolute atomic E-state index is 0.0452. The minimum atomic E-state index is -3.92. The van der Waals surface area contributed by atoms with Crippen LogP contribution in [-0.2, 0) is 0 Å². The number of hydrogen-bond acceptors (Lipinski definition) is 0. The molecule has 1 aliphatic carbocycles. The van der Waals surface area contributed by atoms with Crippen LogP contribution in [-0.4, -0.2) is 6.18 Å². The Hall–Kier alpha value is -0.210. The Bertz CT molecular complexity index is 174. The highest BCUT2D eigenvalue weighted by Gasteiger charge is 2.54. The molecular weight excluding hydrogens is 201 g/mol. The van der Waals surface area contributed by atoms with E-state index < -0.39 is 12.1 Å². The summed E-state index contributed by atoms with van der Waals surface area (Å²) < 4.78 is 36.5. The second kappa shape index (κ2) is 5.76. The van der Waals surface area contributed by atoms with Gasteiger partial charge in [-0.1, -0.05) is 45.4 Å². The molecular formula is C12H21F3. The predicted molar refractivity (Wildman–Crippen MR) is 55.6 cm³/mol. The van der Waals surface area contributed by atoms with Crippen molar-refractivity contribution in [2.24, 2.45) is 11.8 Å². The van der Waals surface area contributed by atoms with Gasteiger partial charge in [0.05, 0.1) is 5.92 Å². The maximum absolute atomic E-state index is 12.2. The zero-order valence-electron chi connectivity index (χ0n) is 9.45. The van der Waals surface area contributed by atoms with Crippen LogP contribution in [0.4, 0.5) is 13.2 Å². The molecule has 0 N–H and O–H groups in total. The predicted octanol–water partition coefficient (Wildman–Crippen LogP) is 4.94. The summed E-state index contributed by atoms with van der Waals surface area (Å²) >= 11 is 0. The van der Waals surface area contributed by atoms with E-state index in [0.29, 0.717) is 6.42 Å². The molecule has 0 bridgehead atoms. The van der Waals surface area contributed by atoms with Gasteiger partial charge in [0.1, 0.15) is 0 Å². The van der Waals surface area contributed by atoms with Gasteiger partial charge in [-0.25, -0.2) is 0 Å². The van der Waals surface area contributed by atoms with Gasteiger partial charge in [-0.3, -0.25) is 0 Å². The van der Waals surface area contributed by atoms with Crippen molar-refractivity contribution in [3.8, 4) is 0 Å². The Morgan fingerprint density at radius 2 is 1.60 bits per heavy atom. The molecule has 0 aromatic rings. The van der Waals surface area contributed by atoms with Gasteiger partial charge in [-0.15, -0.1) is 0 Å². The first-order chi connectivity index (χ1) is 7.05. The lowest BCUT2D eigenvalue weighted by molar-refractivity contribution is -0.151. The van der Waals surface area contributed by atoms with Gasteiger partial charge in [0.15, 0.2) is 0 Å². The van der Waals surface area contributed by atoms with Gasteiger partial charge in [0.2, 0.25) is 0 Å².